The Balaban J connectivity index is 2.35. The number of hydrogen-bond donors (Lipinski definition) is 0. The summed E-state index contributed by atoms with van der Waals surface area (Å²) in [4.78, 5) is 11.9. The summed E-state index contributed by atoms with van der Waals surface area (Å²) in [6.07, 6.45) is 1.81. The van der Waals surface area contributed by atoms with E-state index in [1.54, 1.807) is 17.7 Å². The number of aromatic nitrogens is 1. The first kappa shape index (κ1) is 11.8. The second-order valence-corrected chi connectivity index (χ2v) is 3.91. The molecule has 0 N–H and O–H groups in total. The summed E-state index contributed by atoms with van der Waals surface area (Å²) in [6.45, 7) is 2.49. The highest BCUT2D eigenvalue weighted by Gasteiger charge is 2.01. The van der Waals surface area contributed by atoms with Gasteiger partial charge in [0.25, 0.3) is 5.56 Å². The lowest BCUT2D eigenvalue weighted by Gasteiger charge is -2.06. The molecule has 4 nitrogen and oxygen atoms in total. The Morgan fingerprint density at radius 3 is 2.76 bits per heavy atom. The van der Waals surface area contributed by atoms with Crippen molar-refractivity contribution in [3.05, 3.63) is 51.9 Å². The van der Waals surface area contributed by atoms with Crippen molar-refractivity contribution >= 4 is 5.52 Å². The van der Waals surface area contributed by atoms with Crippen molar-refractivity contribution in [2.24, 2.45) is 0 Å². The molecule has 0 unspecified atom stereocenters. The maximum Gasteiger partial charge on any atom is 0.257 e. The van der Waals surface area contributed by atoms with Crippen LogP contribution in [0.25, 0.3) is 5.52 Å². The highest BCUT2D eigenvalue weighted by Crippen LogP contribution is 2.06. The zero-order chi connectivity index (χ0) is 12.3. The summed E-state index contributed by atoms with van der Waals surface area (Å²) in [5.74, 6) is 0. The molecule has 0 saturated carbocycles. The summed E-state index contributed by atoms with van der Waals surface area (Å²) >= 11 is 0. The molecule has 0 saturated heterocycles. The minimum absolute atomic E-state index is 0.0103. The third-order valence-corrected chi connectivity index (χ3v) is 2.57. The molecule has 0 radical (unpaired) electrons. The van der Waals surface area contributed by atoms with Crippen molar-refractivity contribution in [1.82, 2.24) is 4.40 Å². The molecule has 0 atom stereocenters. The van der Waals surface area contributed by atoms with Crippen LogP contribution in [-0.2, 0) is 16.1 Å². The third kappa shape index (κ3) is 2.54. The fourth-order valence-corrected chi connectivity index (χ4v) is 1.67. The Morgan fingerprint density at radius 1 is 1.24 bits per heavy atom. The van der Waals surface area contributed by atoms with Crippen LogP contribution in [0.2, 0.25) is 0 Å². The van der Waals surface area contributed by atoms with E-state index < -0.39 is 0 Å². The number of hydrogen-bond acceptors (Lipinski definition) is 3. The molecule has 0 fully saturated rings. The number of aryl methyl sites for hydroxylation is 1. The Hall–Kier alpha value is -1.65. The van der Waals surface area contributed by atoms with Crippen molar-refractivity contribution in [2.45, 2.75) is 13.5 Å². The van der Waals surface area contributed by atoms with Gasteiger partial charge in [0.15, 0.2) is 0 Å². The average Bonchev–Trinajstić information content (AvgIpc) is 2.35. The standard InChI is InChI=1S/C13H15NO3/c1-10-3-5-12-6-4-11(8-17-9-16-2)7-14(12)13(10)15/h3-7H,8-9H2,1-2H3. The molecule has 0 aromatic carbocycles. The predicted molar refractivity (Wildman–Crippen MR) is 65.1 cm³/mol. The topological polar surface area (TPSA) is 39.9 Å². The maximum absolute atomic E-state index is 11.9. The largest absolute Gasteiger partial charge is 0.359 e. The van der Waals surface area contributed by atoms with Crippen LogP contribution in [0.4, 0.5) is 0 Å². The van der Waals surface area contributed by atoms with Crippen molar-refractivity contribution in [1.29, 1.82) is 0 Å². The molecule has 17 heavy (non-hydrogen) atoms. The zero-order valence-corrected chi connectivity index (χ0v) is 9.97. The summed E-state index contributed by atoms with van der Waals surface area (Å²) in [5.41, 5.74) is 2.58. The van der Waals surface area contributed by atoms with Crippen LogP contribution in [0.15, 0.2) is 35.3 Å². The Bertz CT molecular complexity index is 574. The highest BCUT2D eigenvalue weighted by molar-refractivity contribution is 5.48. The average molecular weight is 233 g/mol. The van der Waals surface area contributed by atoms with E-state index in [2.05, 4.69) is 0 Å². The summed E-state index contributed by atoms with van der Waals surface area (Å²) in [5, 5.41) is 0. The molecule has 0 spiro atoms. The molecule has 0 aliphatic heterocycles. The smallest absolute Gasteiger partial charge is 0.257 e. The number of fused-ring (bicyclic) bond motifs is 1. The van der Waals surface area contributed by atoms with Crippen LogP contribution in [0.1, 0.15) is 11.1 Å². The van der Waals surface area contributed by atoms with Gasteiger partial charge in [-0.15, -0.1) is 0 Å². The van der Waals surface area contributed by atoms with E-state index in [1.165, 1.54) is 0 Å². The van der Waals surface area contributed by atoms with Gasteiger partial charge in [-0.1, -0.05) is 12.1 Å². The lowest BCUT2D eigenvalue weighted by atomic mass is 10.2. The van der Waals surface area contributed by atoms with Gasteiger partial charge < -0.3 is 9.47 Å². The molecule has 2 aromatic heterocycles. The predicted octanol–water partition coefficient (Wildman–Crippen LogP) is 1.73. The lowest BCUT2D eigenvalue weighted by molar-refractivity contribution is -0.0391. The van der Waals surface area contributed by atoms with Gasteiger partial charge in [-0.3, -0.25) is 9.20 Å². The van der Waals surface area contributed by atoms with Gasteiger partial charge in [-0.05, 0) is 24.6 Å². The number of ether oxygens (including phenoxy) is 2. The minimum Gasteiger partial charge on any atom is -0.359 e. The number of pyridine rings is 2. The normalized spacial score (nSPS) is 10.9. The third-order valence-electron chi connectivity index (χ3n) is 2.57. The van der Waals surface area contributed by atoms with E-state index >= 15 is 0 Å². The second kappa shape index (κ2) is 5.12. The number of rotatable bonds is 4. The molecule has 4 heteroatoms. The fourth-order valence-electron chi connectivity index (χ4n) is 1.67. The van der Waals surface area contributed by atoms with E-state index in [0.29, 0.717) is 6.61 Å². The van der Waals surface area contributed by atoms with Gasteiger partial charge in [-0.2, -0.15) is 0 Å². The molecule has 0 bridgehead atoms. The van der Waals surface area contributed by atoms with E-state index in [9.17, 15) is 4.79 Å². The van der Waals surface area contributed by atoms with Crippen LogP contribution in [0.5, 0.6) is 0 Å². The Morgan fingerprint density at radius 2 is 2.00 bits per heavy atom. The van der Waals surface area contributed by atoms with Crippen LogP contribution in [0.3, 0.4) is 0 Å². The summed E-state index contributed by atoms with van der Waals surface area (Å²) in [7, 11) is 1.58. The van der Waals surface area contributed by atoms with Crippen molar-refractivity contribution in [3.8, 4) is 0 Å². The Kier molecular flexibility index (Phi) is 3.56. The van der Waals surface area contributed by atoms with E-state index in [4.69, 9.17) is 9.47 Å². The van der Waals surface area contributed by atoms with Crippen molar-refractivity contribution in [2.75, 3.05) is 13.9 Å². The van der Waals surface area contributed by atoms with Crippen molar-refractivity contribution < 1.29 is 9.47 Å². The molecule has 0 aliphatic carbocycles. The fraction of sp³-hybridized carbons (Fsp3) is 0.308. The quantitative estimate of drug-likeness (QED) is 0.596. The van der Waals surface area contributed by atoms with Gasteiger partial charge in [0.2, 0.25) is 0 Å². The van der Waals surface area contributed by atoms with Crippen LogP contribution < -0.4 is 5.56 Å². The highest BCUT2D eigenvalue weighted by atomic mass is 16.7. The maximum atomic E-state index is 11.9. The SMILES string of the molecule is COCOCc1ccc2ccc(C)c(=O)n2c1. The molecule has 2 rings (SSSR count). The first-order chi connectivity index (χ1) is 8.22. The molecule has 0 amide bonds. The van der Waals surface area contributed by atoms with Crippen LogP contribution in [-0.4, -0.2) is 18.3 Å². The minimum atomic E-state index is 0.0103. The molecular formula is C13H15NO3. The van der Waals surface area contributed by atoms with Gasteiger partial charge >= 0.3 is 0 Å². The number of methoxy groups -OCH3 is 1. The van der Waals surface area contributed by atoms with Gasteiger partial charge in [0.1, 0.15) is 6.79 Å². The molecular weight excluding hydrogens is 218 g/mol. The molecule has 2 aromatic rings. The monoisotopic (exact) mass is 233 g/mol. The molecule has 90 valence electrons. The number of nitrogens with zero attached hydrogens (tertiary/aromatic N) is 1. The van der Waals surface area contributed by atoms with Gasteiger partial charge in [-0.25, -0.2) is 0 Å². The van der Waals surface area contributed by atoms with E-state index in [0.717, 1.165) is 16.6 Å². The zero-order valence-electron chi connectivity index (χ0n) is 9.97. The van der Waals surface area contributed by atoms with Crippen LogP contribution >= 0.6 is 0 Å². The van der Waals surface area contributed by atoms with Gasteiger partial charge in [0, 0.05) is 24.4 Å². The first-order valence-electron chi connectivity index (χ1n) is 5.40. The lowest BCUT2D eigenvalue weighted by Crippen LogP contribution is -2.16. The van der Waals surface area contributed by atoms with Gasteiger partial charge in [0.05, 0.1) is 6.61 Å². The first-order valence-corrected chi connectivity index (χ1v) is 5.40. The summed E-state index contributed by atoms with van der Waals surface area (Å²) < 4.78 is 11.7. The van der Waals surface area contributed by atoms with E-state index in [1.807, 2.05) is 31.2 Å². The van der Waals surface area contributed by atoms with Crippen molar-refractivity contribution in [3.63, 3.8) is 0 Å². The van der Waals surface area contributed by atoms with E-state index in [-0.39, 0.29) is 12.4 Å². The molecule has 0 aliphatic rings. The van der Waals surface area contributed by atoms with Crippen LogP contribution in [0, 0.1) is 6.92 Å². The molecule has 2 heterocycles. The summed E-state index contributed by atoms with van der Waals surface area (Å²) in [6, 6.07) is 7.61. The Labute approximate surface area is 99.4 Å². The second-order valence-electron chi connectivity index (χ2n) is 3.91.